The third-order valence-electron chi connectivity index (χ3n) is 6.84. The molecule has 0 radical (unpaired) electrons. The molecule has 0 saturated heterocycles. The highest BCUT2D eigenvalue weighted by Gasteiger charge is 2.50. The molecule has 0 heterocycles. The standard InChI is InChI=1S/C28H42/c1-5-9-23-27(21-7-3,25-17-13-11-14-18-25)28(22-8-4,24-10-6-2)26-19-15-12-16-20-26/h11-20H,5-10,21-24H2,1-4H3. The molecule has 0 aromatic heterocycles. The van der Waals surface area contributed by atoms with E-state index in [2.05, 4.69) is 88.4 Å². The monoisotopic (exact) mass is 378 g/mol. The second kappa shape index (κ2) is 11.4. The van der Waals surface area contributed by atoms with Crippen molar-refractivity contribution in [2.75, 3.05) is 0 Å². The zero-order valence-electron chi connectivity index (χ0n) is 18.8. The Hall–Kier alpha value is -1.56. The van der Waals surface area contributed by atoms with Gasteiger partial charge in [0.15, 0.2) is 0 Å². The number of benzene rings is 2. The minimum absolute atomic E-state index is 0.214. The smallest absolute Gasteiger partial charge is 0.00497 e. The Morgan fingerprint density at radius 3 is 1.11 bits per heavy atom. The van der Waals surface area contributed by atoms with E-state index in [4.69, 9.17) is 0 Å². The molecule has 0 aliphatic carbocycles. The molecule has 154 valence electrons. The lowest BCUT2D eigenvalue weighted by molar-refractivity contribution is 0.143. The van der Waals surface area contributed by atoms with E-state index in [0.717, 1.165) is 0 Å². The SMILES string of the molecule is CCCCC(CCC)(c1ccccc1)C(CCC)(CCCC)c1ccccc1. The zero-order chi connectivity index (χ0) is 20.3. The topological polar surface area (TPSA) is 0 Å². The Bertz CT molecular complexity index is 585. The lowest BCUT2D eigenvalue weighted by Gasteiger charge is -2.53. The maximum atomic E-state index is 2.42. The van der Waals surface area contributed by atoms with Gasteiger partial charge in [0.25, 0.3) is 0 Å². The van der Waals surface area contributed by atoms with Gasteiger partial charge in [0.05, 0.1) is 0 Å². The molecular formula is C28H42. The second-order valence-corrected chi connectivity index (χ2v) is 8.60. The molecule has 0 aliphatic heterocycles. The van der Waals surface area contributed by atoms with Crippen molar-refractivity contribution in [1.82, 2.24) is 0 Å². The molecule has 28 heavy (non-hydrogen) atoms. The Morgan fingerprint density at radius 1 is 0.464 bits per heavy atom. The van der Waals surface area contributed by atoms with Crippen LogP contribution in [0.5, 0.6) is 0 Å². The average Bonchev–Trinajstić information content (AvgIpc) is 2.75. The molecule has 0 N–H and O–H groups in total. The van der Waals surface area contributed by atoms with Crippen molar-refractivity contribution >= 4 is 0 Å². The summed E-state index contributed by atoms with van der Waals surface area (Å²) >= 11 is 0. The normalized spacial score (nSPS) is 15.7. The first-order valence-electron chi connectivity index (χ1n) is 11.8. The van der Waals surface area contributed by atoms with Crippen molar-refractivity contribution in [2.24, 2.45) is 0 Å². The predicted octanol–water partition coefficient (Wildman–Crippen LogP) is 8.84. The number of hydrogen-bond acceptors (Lipinski definition) is 0. The summed E-state index contributed by atoms with van der Waals surface area (Å²) < 4.78 is 0. The van der Waals surface area contributed by atoms with Crippen molar-refractivity contribution < 1.29 is 0 Å². The van der Waals surface area contributed by atoms with Gasteiger partial charge in [-0.1, -0.05) is 127 Å². The van der Waals surface area contributed by atoms with E-state index in [1.807, 2.05) is 0 Å². The molecule has 2 atom stereocenters. The molecular weight excluding hydrogens is 336 g/mol. The fraction of sp³-hybridized carbons (Fsp3) is 0.571. The Kier molecular flexibility index (Phi) is 9.29. The van der Waals surface area contributed by atoms with E-state index in [1.165, 1.54) is 64.2 Å². The van der Waals surface area contributed by atoms with Gasteiger partial charge in [-0.25, -0.2) is 0 Å². The zero-order valence-corrected chi connectivity index (χ0v) is 18.8. The highest BCUT2D eigenvalue weighted by Crippen LogP contribution is 2.55. The second-order valence-electron chi connectivity index (χ2n) is 8.60. The van der Waals surface area contributed by atoms with Gasteiger partial charge < -0.3 is 0 Å². The summed E-state index contributed by atoms with van der Waals surface area (Å²) in [7, 11) is 0. The van der Waals surface area contributed by atoms with Gasteiger partial charge >= 0.3 is 0 Å². The summed E-state index contributed by atoms with van der Waals surface area (Å²) in [6.45, 7) is 9.45. The first-order valence-corrected chi connectivity index (χ1v) is 11.8. The van der Waals surface area contributed by atoms with E-state index in [0.29, 0.717) is 0 Å². The molecule has 0 bridgehead atoms. The van der Waals surface area contributed by atoms with Crippen LogP contribution in [0.3, 0.4) is 0 Å². The van der Waals surface area contributed by atoms with Crippen LogP contribution in [-0.4, -0.2) is 0 Å². The van der Waals surface area contributed by atoms with Gasteiger partial charge in [-0.15, -0.1) is 0 Å². The van der Waals surface area contributed by atoms with Crippen LogP contribution in [0, 0.1) is 0 Å². The molecule has 0 fully saturated rings. The summed E-state index contributed by atoms with van der Waals surface area (Å²) in [5.41, 5.74) is 3.56. The average molecular weight is 379 g/mol. The van der Waals surface area contributed by atoms with Gasteiger partial charge in [0, 0.05) is 10.8 Å². The Balaban J connectivity index is 2.78. The number of rotatable bonds is 13. The fourth-order valence-corrected chi connectivity index (χ4v) is 5.66. The summed E-state index contributed by atoms with van der Waals surface area (Å²) in [5.74, 6) is 0. The van der Waals surface area contributed by atoms with Crippen molar-refractivity contribution in [3.63, 3.8) is 0 Å². The maximum absolute atomic E-state index is 2.42. The summed E-state index contributed by atoms with van der Waals surface area (Å²) in [6, 6.07) is 23.1. The van der Waals surface area contributed by atoms with Crippen LogP contribution in [0.1, 0.15) is 103 Å². The molecule has 2 aromatic rings. The highest BCUT2D eigenvalue weighted by molar-refractivity contribution is 5.39. The molecule has 0 amide bonds. The Morgan fingerprint density at radius 2 is 0.821 bits per heavy atom. The van der Waals surface area contributed by atoms with Gasteiger partial charge in [0.1, 0.15) is 0 Å². The van der Waals surface area contributed by atoms with Crippen LogP contribution in [0.25, 0.3) is 0 Å². The van der Waals surface area contributed by atoms with E-state index in [1.54, 1.807) is 11.1 Å². The van der Waals surface area contributed by atoms with Crippen molar-refractivity contribution in [3.05, 3.63) is 71.8 Å². The molecule has 0 nitrogen and oxygen atoms in total. The third-order valence-corrected chi connectivity index (χ3v) is 6.84. The molecule has 0 aliphatic rings. The largest absolute Gasteiger partial charge is 0.0654 e. The minimum Gasteiger partial charge on any atom is -0.0654 e. The van der Waals surface area contributed by atoms with Crippen molar-refractivity contribution in [1.29, 1.82) is 0 Å². The van der Waals surface area contributed by atoms with Crippen LogP contribution in [0.2, 0.25) is 0 Å². The fourth-order valence-electron chi connectivity index (χ4n) is 5.66. The van der Waals surface area contributed by atoms with E-state index in [9.17, 15) is 0 Å². The van der Waals surface area contributed by atoms with Gasteiger partial charge in [-0.3, -0.25) is 0 Å². The van der Waals surface area contributed by atoms with Crippen LogP contribution in [0.15, 0.2) is 60.7 Å². The number of unbranched alkanes of at least 4 members (excludes halogenated alkanes) is 2. The summed E-state index contributed by atoms with van der Waals surface area (Å²) in [6.07, 6.45) is 12.8. The first-order chi connectivity index (χ1) is 13.7. The van der Waals surface area contributed by atoms with Crippen molar-refractivity contribution in [3.8, 4) is 0 Å². The molecule has 2 unspecified atom stereocenters. The van der Waals surface area contributed by atoms with E-state index < -0.39 is 0 Å². The lowest BCUT2D eigenvalue weighted by Crippen LogP contribution is -2.49. The highest BCUT2D eigenvalue weighted by atomic mass is 14.5. The van der Waals surface area contributed by atoms with Crippen LogP contribution in [0.4, 0.5) is 0 Å². The van der Waals surface area contributed by atoms with Crippen LogP contribution in [-0.2, 0) is 10.8 Å². The molecule has 2 aromatic carbocycles. The maximum Gasteiger partial charge on any atom is 0.00497 e. The van der Waals surface area contributed by atoms with Gasteiger partial charge in [0.2, 0.25) is 0 Å². The Labute approximate surface area is 174 Å². The summed E-state index contributed by atoms with van der Waals surface area (Å²) in [5, 5.41) is 0. The predicted molar refractivity (Wildman–Crippen MR) is 125 cm³/mol. The molecule has 0 saturated carbocycles. The third kappa shape index (κ3) is 4.70. The minimum atomic E-state index is 0.214. The molecule has 0 heteroatoms. The van der Waals surface area contributed by atoms with Gasteiger partial charge in [-0.05, 0) is 36.8 Å². The van der Waals surface area contributed by atoms with E-state index >= 15 is 0 Å². The van der Waals surface area contributed by atoms with Crippen LogP contribution < -0.4 is 0 Å². The quantitative estimate of drug-likeness (QED) is 0.326. The first kappa shape index (κ1) is 22.7. The molecule has 0 spiro atoms. The van der Waals surface area contributed by atoms with Crippen LogP contribution >= 0.6 is 0 Å². The van der Waals surface area contributed by atoms with Gasteiger partial charge in [-0.2, -0.15) is 0 Å². The van der Waals surface area contributed by atoms with Crippen molar-refractivity contribution in [2.45, 2.75) is 103 Å². The lowest BCUT2D eigenvalue weighted by atomic mass is 9.50. The number of hydrogen-bond donors (Lipinski definition) is 0. The summed E-state index contributed by atoms with van der Waals surface area (Å²) in [4.78, 5) is 0. The molecule has 2 rings (SSSR count). The van der Waals surface area contributed by atoms with E-state index in [-0.39, 0.29) is 10.8 Å².